The van der Waals surface area contributed by atoms with Crippen molar-refractivity contribution < 1.29 is 14.8 Å². The van der Waals surface area contributed by atoms with Gasteiger partial charge in [0.05, 0.1) is 4.92 Å². The van der Waals surface area contributed by atoms with Crippen LogP contribution in [0, 0.1) is 10.1 Å². The highest BCUT2D eigenvalue weighted by Gasteiger charge is 2.03. The smallest absolute Gasteiger partial charge is 0.328 e. The minimum Gasteiger partial charge on any atom is -0.478 e. The predicted molar refractivity (Wildman–Crippen MR) is 60.6 cm³/mol. The van der Waals surface area contributed by atoms with Gasteiger partial charge < -0.3 is 5.11 Å². The average molecular weight is 239 g/mol. The summed E-state index contributed by atoms with van der Waals surface area (Å²) in [7, 11) is 0. The van der Waals surface area contributed by atoms with Gasteiger partial charge >= 0.3 is 5.97 Å². The molecule has 0 unspecified atom stereocenters. The van der Waals surface area contributed by atoms with Gasteiger partial charge in [0.1, 0.15) is 0 Å². The van der Waals surface area contributed by atoms with Crippen LogP contribution in [0.1, 0.15) is 0 Å². The van der Waals surface area contributed by atoms with E-state index in [1.54, 1.807) is 12.1 Å². The Hall–Kier alpha value is -1.82. The predicted octanol–water partition coefficient (Wildman–Crippen LogP) is 2.33. The molecule has 5 nitrogen and oxygen atoms in total. The second-order valence-electron chi connectivity index (χ2n) is 2.80. The average Bonchev–Trinajstić information content (AvgIpc) is 2.25. The van der Waals surface area contributed by atoms with Crippen molar-refractivity contribution in [2.45, 2.75) is 4.90 Å². The molecular formula is C10H9NO4S. The zero-order chi connectivity index (χ0) is 12.0. The molecule has 1 aromatic rings. The van der Waals surface area contributed by atoms with Gasteiger partial charge in [-0.1, -0.05) is 6.08 Å². The number of carboxylic acid groups (broad SMARTS) is 1. The number of non-ortho nitro benzene ring substituents is 1. The summed E-state index contributed by atoms with van der Waals surface area (Å²) in [5.74, 6) is -0.464. The number of hydrogen-bond acceptors (Lipinski definition) is 4. The Morgan fingerprint density at radius 3 is 2.56 bits per heavy atom. The molecule has 0 aromatic heterocycles. The van der Waals surface area contributed by atoms with Crippen LogP contribution < -0.4 is 0 Å². The Balaban J connectivity index is 2.49. The Bertz CT molecular complexity index is 413. The Morgan fingerprint density at radius 2 is 2.06 bits per heavy atom. The standard InChI is InChI=1S/C10H9NO4S/c12-10(13)2-1-7-16-9-5-3-8(4-6-9)11(14)15/h1-6H,7H2,(H,12,13)/b2-1+. The van der Waals surface area contributed by atoms with Crippen LogP contribution >= 0.6 is 11.8 Å². The molecule has 0 saturated heterocycles. The van der Waals surface area contributed by atoms with E-state index in [0.717, 1.165) is 11.0 Å². The molecule has 6 heteroatoms. The molecule has 0 aliphatic heterocycles. The summed E-state index contributed by atoms with van der Waals surface area (Å²) in [4.78, 5) is 20.9. The van der Waals surface area contributed by atoms with Gasteiger partial charge in [-0.05, 0) is 12.1 Å². The van der Waals surface area contributed by atoms with E-state index in [-0.39, 0.29) is 5.69 Å². The molecule has 0 fully saturated rings. The second-order valence-corrected chi connectivity index (χ2v) is 3.90. The van der Waals surface area contributed by atoms with Crippen LogP contribution in [-0.2, 0) is 4.79 Å². The summed E-state index contributed by atoms with van der Waals surface area (Å²) in [6.45, 7) is 0. The maximum Gasteiger partial charge on any atom is 0.328 e. The van der Waals surface area contributed by atoms with Crippen molar-refractivity contribution in [1.29, 1.82) is 0 Å². The molecule has 0 aliphatic rings. The fourth-order valence-corrected chi connectivity index (χ4v) is 1.67. The molecule has 84 valence electrons. The summed E-state index contributed by atoms with van der Waals surface area (Å²) < 4.78 is 0. The minimum atomic E-state index is -0.982. The number of hydrogen-bond donors (Lipinski definition) is 1. The van der Waals surface area contributed by atoms with Gasteiger partial charge in [0.25, 0.3) is 5.69 Å². The second kappa shape index (κ2) is 5.92. The highest BCUT2D eigenvalue weighted by Crippen LogP contribution is 2.21. The summed E-state index contributed by atoms with van der Waals surface area (Å²) in [6.07, 6.45) is 2.59. The first-order valence-electron chi connectivity index (χ1n) is 4.36. The van der Waals surface area contributed by atoms with Crippen molar-refractivity contribution in [3.8, 4) is 0 Å². The van der Waals surface area contributed by atoms with Crippen LogP contribution in [0.15, 0.2) is 41.3 Å². The Kier molecular flexibility index (Phi) is 4.53. The number of aliphatic carboxylic acids is 1. The first-order chi connectivity index (χ1) is 7.59. The zero-order valence-corrected chi connectivity index (χ0v) is 9.02. The third-order valence-electron chi connectivity index (χ3n) is 1.65. The normalized spacial score (nSPS) is 10.5. The van der Waals surface area contributed by atoms with Crippen molar-refractivity contribution in [3.63, 3.8) is 0 Å². The minimum absolute atomic E-state index is 0.0467. The molecule has 0 heterocycles. The van der Waals surface area contributed by atoms with Crippen molar-refractivity contribution >= 4 is 23.4 Å². The summed E-state index contributed by atoms with van der Waals surface area (Å²) in [5.41, 5.74) is 0.0467. The van der Waals surface area contributed by atoms with Crippen molar-refractivity contribution in [2.24, 2.45) is 0 Å². The molecule has 0 spiro atoms. The lowest BCUT2D eigenvalue weighted by Gasteiger charge is -1.97. The lowest BCUT2D eigenvalue weighted by molar-refractivity contribution is -0.384. The quantitative estimate of drug-likeness (QED) is 0.369. The Labute approximate surface area is 95.9 Å². The van der Waals surface area contributed by atoms with E-state index in [1.807, 2.05) is 0 Å². The van der Waals surface area contributed by atoms with Gasteiger partial charge in [-0.25, -0.2) is 4.79 Å². The summed E-state index contributed by atoms with van der Waals surface area (Å²) in [6, 6.07) is 6.11. The van der Waals surface area contributed by atoms with E-state index in [4.69, 9.17) is 5.11 Å². The molecule has 1 rings (SSSR count). The van der Waals surface area contributed by atoms with Gasteiger partial charge in [-0.15, -0.1) is 11.8 Å². The number of carbonyl (C=O) groups is 1. The third kappa shape index (κ3) is 4.14. The number of benzene rings is 1. The lowest BCUT2D eigenvalue weighted by atomic mass is 10.3. The molecule has 0 aliphatic carbocycles. The molecule has 0 amide bonds. The van der Waals surface area contributed by atoms with Crippen molar-refractivity contribution in [3.05, 3.63) is 46.5 Å². The van der Waals surface area contributed by atoms with Crippen LogP contribution in [0.25, 0.3) is 0 Å². The zero-order valence-electron chi connectivity index (χ0n) is 8.20. The molecular weight excluding hydrogens is 230 g/mol. The first kappa shape index (κ1) is 12.3. The largest absolute Gasteiger partial charge is 0.478 e. The van der Waals surface area contributed by atoms with E-state index < -0.39 is 10.9 Å². The van der Waals surface area contributed by atoms with Crippen molar-refractivity contribution in [2.75, 3.05) is 5.75 Å². The molecule has 1 aromatic carbocycles. The molecule has 0 atom stereocenters. The van der Waals surface area contributed by atoms with Gasteiger partial charge in [-0.2, -0.15) is 0 Å². The van der Waals surface area contributed by atoms with Crippen LogP contribution in [0.4, 0.5) is 5.69 Å². The SMILES string of the molecule is O=C(O)/C=C/CSc1ccc([N+](=O)[O-])cc1. The number of rotatable bonds is 5. The number of nitro groups is 1. The van der Waals surface area contributed by atoms with Gasteiger partial charge in [0.15, 0.2) is 0 Å². The Morgan fingerprint density at radius 1 is 1.44 bits per heavy atom. The van der Waals surface area contributed by atoms with Crippen LogP contribution in [0.3, 0.4) is 0 Å². The van der Waals surface area contributed by atoms with Gasteiger partial charge in [-0.3, -0.25) is 10.1 Å². The molecule has 0 radical (unpaired) electrons. The highest BCUT2D eigenvalue weighted by molar-refractivity contribution is 7.99. The first-order valence-corrected chi connectivity index (χ1v) is 5.35. The fourth-order valence-electron chi connectivity index (χ4n) is 0.957. The molecule has 16 heavy (non-hydrogen) atoms. The van der Waals surface area contributed by atoms with Crippen LogP contribution in [0.2, 0.25) is 0 Å². The lowest BCUT2D eigenvalue weighted by Crippen LogP contribution is -1.87. The summed E-state index contributed by atoms with van der Waals surface area (Å²) >= 11 is 1.41. The maximum absolute atomic E-state index is 10.4. The fraction of sp³-hybridized carbons (Fsp3) is 0.100. The van der Waals surface area contributed by atoms with E-state index in [1.165, 1.54) is 30.0 Å². The highest BCUT2D eigenvalue weighted by atomic mass is 32.2. The number of nitro benzene ring substituents is 1. The van der Waals surface area contributed by atoms with E-state index in [9.17, 15) is 14.9 Å². The molecule has 0 saturated carbocycles. The maximum atomic E-state index is 10.4. The van der Waals surface area contributed by atoms with Gasteiger partial charge in [0.2, 0.25) is 0 Å². The van der Waals surface area contributed by atoms with Crippen LogP contribution in [-0.4, -0.2) is 21.8 Å². The third-order valence-corrected chi connectivity index (χ3v) is 2.62. The van der Waals surface area contributed by atoms with Gasteiger partial charge in [0, 0.05) is 28.9 Å². The molecule has 0 bridgehead atoms. The number of thioether (sulfide) groups is 1. The topological polar surface area (TPSA) is 80.4 Å². The number of nitrogens with zero attached hydrogens (tertiary/aromatic N) is 1. The van der Waals surface area contributed by atoms with E-state index >= 15 is 0 Å². The van der Waals surface area contributed by atoms with E-state index in [2.05, 4.69) is 0 Å². The van der Waals surface area contributed by atoms with E-state index in [0.29, 0.717) is 5.75 Å². The van der Waals surface area contributed by atoms with Crippen molar-refractivity contribution in [1.82, 2.24) is 0 Å². The molecule has 1 N–H and O–H groups in total. The van der Waals surface area contributed by atoms with Crippen LogP contribution in [0.5, 0.6) is 0 Å². The summed E-state index contributed by atoms with van der Waals surface area (Å²) in [5, 5.41) is 18.7. The number of carboxylic acids is 1. The monoisotopic (exact) mass is 239 g/mol.